The predicted molar refractivity (Wildman–Crippen MR) is 53.8 cm³/mol. The van der Waals surface area contributed by atoms with E-state index in [1.165, 1.54) is 18.5 Å². The van der Waals surface area contributed by atoms with Crippen LogP contribution in [0.1, 0.15) is 17.4 Å². The molecule has 0 saturated carbocycles. The van der Waals surface area contributed by atoms with Gasteiger partial charge in [0.15, 0.2) is 0 Å². The summed E-state index contributed by atoms with van der Waals surface area (Å²) < 4.78 is 18.6. The third-order valence-corrected chi connectivity index (χ3v) is 2.27. The van der Waals surface area contributed by atoms with Crippen molar-refractivity contribution in [1.29, 1.82) is 0 Å². The summed E-state index contributed by atoms with van der Waals surface area (Å²) in [5.41, 5.74) is 6.11. The maximum absolute atomic E-state index is 13.5. The lowest BCUT2D eigenvalue weighted by Crippen LogP contribution is -2.15. The van der Waals surface area contributed by atoms with Gasteiger partial charge in [-0.3, -0.25) is 0 Å². The summed E-state index contributed by atoms with van der Waals surface area (Å²) in [6.07, 6.45) is 2.98. The minimum absolute atomic E-state index is 0.265. The fraction of sp³-hybridized carbons (Fsp3) is 0.182. The Morgan fingerprint density at radius 3 is 2.80 bits per heavy atom. The number of hydrogen-bond acceptors (Lipinski definition) is 3. The smallest absolute Gasteiger partial charge is 0.202 e. The summed E-state index contributed by atoms with van der Waals surface area (Å²) in [6.45, 7) is 0.265. The molecule has 1 atom stereocenters. The van der Waals surface area contributed by atoms with Crippen LogP contribution < -0.4 is 5.73 Å². The van der Waals surface area contributed by atoms with Gasteiger partial charge in [0.1, 0.15) is 12.1 Å². The Morgan fingerprint density at radius 2 is 2.20 bits per heavy atom. The Labute approximate surface area is 86.7 Å². The molecule has 0 aliphatic heterocycles. The van der Waals surface area contributed by atoms with Crippen LogP contribution >= 0.6 is 0 Å². The van der Waals surface area contributed by atoms with Gasteiger partial charge in [-0.1, -0.05) is 18.2 Å². The highest BCUT2D eigenvalue weighted by Crippen LogP contribution is 2.24. The Balaban J connectivity index is 2.40. The van der Waals surface area contributed by atoms with Crippen molar-refractivity contribution in [2.45, 2.75) is 5.92 Å². The van der Waals surface area contributed by atoms with Gasteiger partial charge in [-0.2, -0.15) is 0 Å². The molecule has 0 spiro atoms. The molecule has 4 heteroatoms. The van der Waals surface area contributed by atoms with Crippen LogP contribution in [0.2, 0.25) is 0 Å². The summed E-state index contributed by atoms with van der Waals surface area (Å²) in [4.78, 5) is 3.99. The van der Waals surface area contributed by atoms with Gasteiger partial charge in [0.05, 0.1) is 12.1 Å². The fourth-order valence-corrected chi connectivity index (χ4v) is 1.53. The number of oxazole rings is 1. The van der Waals surface area contributed by atoms with Gasteiger partial charge in [0.2, 0.25) is 5.89 Å². The number of hydrogen-bond donors (Lipinski definition) is 1. The molecule has 0 radical (unpaired) electrons. The predicted octanol–water partition coefficient (Wildman–Crippen LogP) is 1.90. The first-order valence-electron chi connectivity index (χ1n) is 4.67. The number of nitrogens with two attached hydrogens (primary N) is 1. The van der Waals surface area contributed by atoms with Crippen LogP contribution in [0.25, 0.3) is 0 Å². The van der Waals surface area contributed by atoms with Crippen molar-refractivity contribution in [3.8, 4) is 0 Å². The second kappa shape index (κ2) is 4.23. The fourth-order valence-electron chi connectivity index (χ4n) is 1.53. The van der Waals surface area contributed by atoms with Crippen LogP contribution in [0.5, 0.6) is 0 Å². The first-order valence-corrected chi connectivity index (χ1v) is 4.67. The van der Waals surface area contributed by atoms with Gasteiger partial charge in [0, 0.05) is 12.1 Å². The van der Waals surface area contributed by atoms with Gasteiger partial charge >= 0.3 is 0 Å². The number of nitrogens with zero attached hydrogens (tertiary/aromatic N) is 1. The Morgan fingerprint density at radius 1 is 1.40 bits per heavy atom. The molecular formula is C11H11FN2O. The first kappa shape index (κ1) is 9.86. The van der Waals surface area contributed by atoms with E-state index in [1.54, 1.807) is 18.2 Å². The largest absolute Gasteiger partial charge is 0.448 e. The molecule has 0 amide bonds. The molecule has 1 heterocycles. The Hall–Kier alpha value is -1.68. The van der Waals surface area contributed by atoms with Gasteiger partial charge in [-0.05, 0) is 6.07 Å². The molecule has 3 nitrogen and oxygen atoms in total. The topological polar surface area (TPSA) is 52.0 Å². The molecule has 1 unspecified atom stereocenters. The second-order valence-corrected chi connectivity index (χ2v) is 3.18. The molecule has 0 saturated heterocycles. The number of halogens is 1. The van der Waals surface area contributed by atoms with Gasteiger partial charge in [0.25, 0.3) is 0 Å². The van der Waals surface area contributed by atoms with E-state index in [0.717, 1.165) is 0 Å². The van der Waals surface area contributed by atoms with Crippen LogP contribution in [-0.2, 0) is 0 Å². The highest BCUT2D eigenvalue weighted by atomic mass is 19.1. The van der Waals surface area contributed by atoms with E-state index in [1.807, 2.05) is 0 Å². The van der Waals surface area contributed by atoms with E-state index in [0.29, 0.717) is 11.5 Å². The van der Waals surface area contributed by atoms with Crippen LogP contribution in [-0.4, -0.2) is 11.5 Å². The van der Waals surface area contributed by atoms with Crippen LogP contribution in [0.4, 0.5) is 4.39 Å². The minimum atomic E-state index is -0.318. The first-order chi connectivity index (χ1) is 7.33. The second-order valence-electron chi connectivity index (χ2n) is 3.18. The Kier molecular flexibility index (Phi) is 2.78. The van der Waals surface area contributed by atoms with Gasteiger partial charge in [-0.15, -0.1) is 0 Å². The van der Waals surface area contributed by atoms with E-state index in [9.17, 15) is 4.39 Å². The highest BCUT2D eigenvalue weighted by Gasteiger charge is 2.19. The van der Waals surface area contributed by atoms with Gasteiger partial charge in [-0.25, -0.2) is 9.37 Å². The lowest BCUT2D eigenvalue weighted by atomic mass is 9.99. The zero-order valence-corrected chi connectivity index (χ0v) is 8.06. The van der Waals surface area contributed by atoms with E-state index in [-0.39, 0.29) is 18.3 Å². The standard InChI is InChI=1S/C11H11FN2O/c12-10-4-2-1-3-8(10)9(7-13)11-14-5-6-15-11/h1-6,9H,7,13H2. The molecule has 2 rings (SSSR count). The van der Waals surface area contributed by atoms with Crippen molar-refractivity contribution < 1.29 is 8.81 Å². The lowest BCUT2D eigenvalue weighted by Gasteiger charge is -2.11. The molecule has 0 aliphatic carbocycles. The van der Waals surface area contributed by atoms with E-state index in [2.05, 4.69) is 4.98 Å². The van der Waals surface area contributed by atoms with Crippen molar-refractivity contribution in [3.63, 3.8) is 0 Å². The molecule has 0 fully saturated rings. The van der Waals surface area contributed by atoms with Crippen LogP contribution in [0, 0.1) is 5.82 Å². The molecule has 2 aromatic rings. The van der Waals surface area contributed by atoms with Crippen LogP contribution in [0.15, 0.2) is 41.1 Å². The third-order valence-electron chi connectivity index (χ3n) is 2.27. The minimum Gasteiger partial charge on any atom is -0.448 e. The molecule has 1 aromatic heterocycles. The molecule has 2 N–H and O–H groups in total. The number of benzene rings is 1. The van der Waals surface area contributed by atoms with E-state index in [4.69, 9.17) is 10.2 Å². The zero-order chi connectivity index (χ0) is 10.7. The molecule has 0 aliphatic rings. The lowest BCUT2D eigenvalue weighted by molar-refractivity contribution is 0.463. The molecule has 78 valence electrons. The van der Waals surface area contributed by atoms with Crippen molar-refractivity contribution in [2.75, 3.05) is 6.54 Å². The normalized spacial score (nSPS) is 12.7. The van der Waals surface area contributed by atoms with Crippen molar-refractivity contribution >= 4 is 0 Å². The Bertz CT molecular complexity index is 428. The average Bonchev–Trinajstić information content (AvgIpc) is 2.75. The summed E-state index contributed by atoms with van der Waals surface area (Å²) in [6, 6.07) is 6.50. The molecule has 15 heavy (non-hydrogen) atoms. The number of rotatable bonds is 3. The van der Waals surface area contributed by atoms with E-state index >= 15 is 0 Å². The zero-order valence-electron chi connectivity index (χ0n) is 8.06. The highest BCUT2D eigenvalue weighted by molar-refractivity contribution is 5.26. The molecule has 1 aromatic carbocycles. The summed E-state index contributed by atoms with van der Waals surface area (Å²) in [5.74, 6) is -0.157. The summed E-state index contributed by atoms with van der Waals surface area (Å²) in [7, 11) is 0. The van der Waals surface area contributed by atoms with E-state index < -0.39 is 0 Å². The molecule has 0 bridgehead atoms. The molecular weight excluding hydrogens is 195 g/mol. The van der Waals surface area contributed by atoms with Crippen molar-refractivity contribution in [1.82, 2.24) is 4.98 Å². The van der Waals surface area contributed by atoms with Crippen molar-refractivity contribution in [3.05, 3.63) is 54.0 Å². The SMILES string of the molecule is NCC(c1ncco1)c1ccccc1F. The van der Waals surface area contributed by atoms with Crippen molar-refractivity contribution in [2.24, 2.45) is 5.73 Å². The monoisotopic (exact) mass is 206 g/mol. The maximum atomic E-state index is 13.5. The maximum Gasteiger partial charge on any atom is 0.202 e. The third kappa shape index (κ3) is 1.89. The summed E-state index contributed by atoms with van der Waals surface area (Å²) >= 11 is 0. The van der Waals surface area contributed by atoms with Gasteiger partial charge < -0.3 is 10.2 Å². The van der Waals surface area contributed by atoms with Crippen LogP contribution in [0.3, 0.4) is 0 Å². The average molecular weight is 206 g/mol. The summed E-state index contributed by atoms with van der Waals surface area (Å²) in [5, 5.41) is 0. The quantitative estimate of drug-likeness (QED) is 0.834. The number of aromatic nitrogens is 1.